The number of ether oxygens (including phenoxy) is 2. The average molecular weight is 426 g/mol. The highest BCUT2D eigenvalue weighted by atomic mass is 35.5. The van der Waals surface area contributed by atoms with E-state index in [1.165, 1.54) is 0 Å². The molecule has 2 aromatic rings. The number of amides is 1. The van der Waals surface area contributed by atoms with Crippen LogP contribution in [0.3, 0.4) is 0 Å². The first-order chi connectivity index (χ1) is 13.3. The molecule has 2 rings (SSSR count). The lowest BCUT2D eigenvalue weighted by atomic mass is 10.1. The Hall–Kier alpha value is -1.95. The highest BCUT2D eigenvalue weighted by molar-refractivity contribution is 6.35. The van der Waals surface area contributed by atoms with Crippen molar-refractivity contribution < 1.29 is 19.6 Å². The number of nitrogens with one attached hydrogen (secondary N) is 1. The van der Waals surface area contributed by atoms with Gasteiger partial charge in [0.2, 0.25) is 0 Å². The summed E-state index contributed by atoms with van der Waals surface area (Å²) in [5, 5.41) is 5.79. The molecule has 0 radical (unpaired) electrons. The van der Waals surface area contributed by atoms with Crippen molar-refractivity contribution in [3.05, 3.63) is 52.0 Å². The number of halogens is 2. The molecule has 0 unspecified atom stereocenters. The van der Waals surface area contributed by atoms with Crippen molar-refractivity contribution in [1.29, 1.82) is 0 Å². The Kier molecular flexibility index (Phi) is 8.42. The monoisotopic (exact) mass is 425 g/mol. The molecule has 7 heteroatoms. The molecule has 0 aliphatic carbocycles. The van der Waals surface area contributed by atoms with Gasteiger partial charge in [-0.3, -0.25) is 4.79 Å². The summed E-state index contributed by atoms with van der Waals surface area (Å²) in [6, 6.07) is 10.6. The van der Waals surface area contributed by atoms with Gasteiger partial charge in [-0.2, -0.15) is 0 Å². The molecule has 152 valence electrons. The average Bonchev–Trinajstić information content (AvgIpc) is 2.66. The van der Waals surface area contributed by atoms with Gasteiger partial charge in [-0.1, -0.05) is 23.2 Å². The smallest absolute Gasteiger partial charge is 0.282 e. The first-order valence-corrected chi connectivity index (χ1v) is 10.1. The Bertz CT molecular complexity index is 814. The van der Waals surface area contributed by atoms with E-state index in [1.807, 2.05) is 51.2 Å². The fourth-order valence-corrected chi connectivity index (χ4v) is 3.16. The van der Waals surface area contributed by atoms with Crippen LogP contribution in [0.1, 0.15) is 39.3 Å². The van der Waals surface area contributed by atoms with Gasteiger partial charge in [0.05, 0.1) is 23.9 Å². The van der Waals surface area contributed by atoms with E-state index < -0.39 is 0 Å². The van der Waals surface area contributed by atoms with Crippen LogP contribution < -0.4 is 20.1 Å². The summed E-state index contributed by atoms with van der Waals surface area (Å²) in [6.45, 7) is 8.90. The number of benzene rings is 2. The predicted molar refractivity (Wildman–Crippen MR) is 114 cm³/mol. The van der Waals surface area contributed by atoms with Gasteiger partial charge in [-0.15, -0.1) is 0 Å². The van der Waals surface area contributed by atoms with Crippen molar-refractivity contribution in [3.8, 4) is 11.5 Å². The van der Waals surface area contributed by atoms with Crippen LogP contribution in [-0.2, 0) is 4.79 Å². The Balaban J connectivity index is 2.06. The van der Waals surface area contributed by atoms with Crippen LogP contribution in [0.25, 0.3) is 0 Å². The van der Waals surface area contributed by atoms with E-state index in [4.69, 9.17) is 32.7 Å². The molecule has 1 amide bonds. The van der Waals surface area contributed by atoms with Crippen molar-refractivity contribution in [3.63, 3.8) is 0 Å². The topological polar surface area (TPSA) is 64.2 Å². The predicted octanol–water partition coefficient (Wildman–Crippen LogP) is 4.44. The number of carbonyl (C=O) groups excluding carboxylic acids is 1. The molecule has 0 saturated heterocycles. The summed E-state index contributed by atoms with van der Waals surface area (Å²) in [6.07, 6.45) is 0. The lowest BCUT2D eigenvalue weighted by molar-refractivity contribution is -0.709. The minimum atomic E-state index is -0.327. The van der Waals surface area contributed by atoms with Crippen LogP contribution in [0, 0.1) is 0 Å². The van der Waals surface area contributed by atoms with Crippen LogP contribution >= 0.6 is 23.2 Å². The third kappa shape index (κ3) is 6.03. The van der Waals surface area contributed by atoms with E-state index in [9.17, 15) is 4.79 Å². The third-order valence-corrected chi connectivity index (χ3v) is 4.84. The first-order valence-electron chi connectivity index (χ1n) is 9.36. The van der Waals surface area contributed by atoms with Crippen LogP contribution in [0.4, 0.5) is 5.69 Å². The fraction of sp³-hybridized carbons (Fsp3) is 0.381. The second kappa shape index (κ2) is 10.6. The second-order valence-corrected chi connectivity index (χ2v) is 7.30. The SMILES string of the molecule is CCOc1ccc([C@@H](C)[NH2+][C@H](C)C(=O)Nc2cc(Cl)ccc2Cl)cc1OCC. The van der Waals surface area contributed by atoms with Crippen molar-refractivity contribution in [2.75, 3.05) is 18.5 Å². The standard InChI is InChI=1S/C21H26Cl2N2O3/c1-5-27-19-10-7-15(11-20(19)28-6-2)13(3)24-14(4)21(26)25-18-12-16(22)8-9-17(18)23/h7-14,24H,5-6H2,1-4H3,(H,25,26)/p+1/t13-,14-/m1/s1. The Morgan fingerprint density at radius 1 is 1.04 bits per heavy atom. The van der Waals surface area contributed by atoms with E-state index in [0.717, 1.165) is 11.3 Å². The van der Waals surface area contributed by atoms with Crippen LogP contribution in [0.15, 0.2) is 36.4 Å². The second-order valence-electron chi connectivity index (χ2n) is 6.46. The molecule has 5 nitrogen and oxygen atoms in total. The quantitative estimate of drug-likeness (QED) is 0.623. The fourth-order valence-electron chi connectivity index (χ4n) is 2.82. The van der Waals surface area contributed by atoms with Crippen molar-refractivity contribution in [1.82, 2.24) is 0 Å². The number of nitrogens with two attached hydrogens (primary N) is 1. The van der Waals surface area contributed by atoms with E-state index >= 15 is 0 Å². The number of carbonyl (C=O) groups is 1. The van der Waals surface area contributed by atoms with E-state index in [2.05, 4.69) is 5.32 Å². The summed E-state index contributed by atoms with van der Waals surface area (Å²) in [5.74, 6) is 1.29. The lowest BCUT2D eigenvalue weighted by Gasteiger charge is -2.19. The molecular weight excluding hydrogens is 399 g/mol. The van der Waals surface area contributed by atoms with Gasteiger partial charge in [-0.25, -0.2) is 0 Å². The summed E-state index contributed by atoms with van der Waals surface area (Å²) in [7, 11) is 0. The van der Waals surface area contributed by atoms with Gasteiger partial charge < -0.3 is 20.1 Å². The molecule has 0 aromatic heterocycles. The minimum Gasteiger partial charge on any atom is -0.490 e. The number of hydrogen-bond donors (Lipinski definition) is 2. The molecule has 2 aromatic carbocycles. The van der Waals surface area contributed by atoms with Gasteiger partial charge in [-0.05, 0) is 64.1 Å². The van der Waals surface area contributed by atoms with E-state index in [0.29, 0.717) is 34.7 Å². The Labute approximate surface area is 176 Å². The number of quaternary nitrogens is 1. The molecule has 0 aliphatic heterocycles. The molecule has 3 N–H and O–H groups in total. The van der Waals surface area contributed by atoms with Gasteiger partial charge in [0.15, 0.2) is 17.5 Å². The lowest BCUT2D eigenvalue weighted by Crippen LogP contribution is -2.91. The largest absolute Gasteiger partial charge is 0.490 e. The molecule has 0 aliphatic rings. The summed E-state index contributed by atoms with van der Waals surface area (Å²) < 4.78 is 11.3. The minimum absolute atomic E-state index is 0.0467. The molecule has 0 saturated carbocycles. The molecule has 28 heavy (non-hydrogen) atoms. The molecule has 0 heterocycles. The summed E-state index contributed by atoms with van der Waals surface area (Å²) >= 11 is 12.1. The maximum absolute atomic E-state index is 12.6. The molecule has 0 fully saturated rings. The zero-order valence-corrected chi connectivity index (χ0v) is 18.1. The zero-order valence-electron chi connectivity index (χ0n) is 16.6. The summed E-state index contributed by atoms with van der Waals surface area (Å²) in [5.41, 5.74) is 1.55. The highest BCUT2D eigenvalue weighted by Crippen LogP contribution is 2.30. The number of rotatable bonds is 9. The maximum Gasteiger partial charge on any atom is 0.282 e. The molecule has 0 spiro atoms. The van der Waals surface area contributed by atoms with Crippen molar-refractivity contribution in [2.24, 2.45) is 0 Å². The Morgan fingerprint density at radius 2 is 1.71 bits per heavy atom. The van der Waals surface area contributed by atoms with Crippen LogP contribution in [-0.4, -0.2) is 25.2 Å². The normalized spacial score (nSPS) is 12.9. The number of anilines is 1. The third-order valence-electron chi connectivity index (χ3n) is 4.27. The van der Waals surface area contributed by atoms with Gasteiger partial charge in [0, 0.05) is 10.6 Å². The van der Waals surface area contributed by atoms with Crippen LogP contribution in [0.2, 0.25) is 10.0 Å². The van der Waals surface area contributed by atoms with Crippen molar-refractivity contribution >= 4 is 34.8 Å². The molecule has 0 bridgehead atoms. The van der Waals surface area contributed by atoms with E-state index in [1.54, 1.807) is 18.2 Å². The van der Waals surface area contributed by atoms with Gasteiger partial charge in [0.1, 0.15) is 6.04 Å². The first kappa shape index (κ1) is 22.3. The maximum atomic E-state index is 12.6. The Morgan fingerprint density at radius 3 is 2.39 bits per heavy atom. The van der Waals surface area contributed by atoms with Gasteiger partial charge >= 0.3 is 0 Å². The van der Waals surface area contributed by atoms with Gasteiger partial charge in [0.25, 0.3) is 5.91 Å². The van der Waals surface area contributed by atoms with Crippen molar-refractivity contribution in [2.45, 2.75) is 39.8 Å². The summed E-state index contributed by atoms with van der Waals surface area (Å²) in [4.78, 5) is 12.6. The van der Waals surface area contributed by atoms with E-state index in [-0.39, 0.29) is 18.0 Å². The highest BCUT2D eigenvalue weighted by Gasteiger charge is 2.22. The zero-order chi connectivity index (χ0) is 20.7. The molecule has 2 atom stereocenters. The molecular formula is C21H27Cl2N2O3+. The number of hydrogen-bond acceptors (Lipinski definition) is 3. The van der Waals surface area contributed by atoms with Crippen LogP contribution in [0.5, 0.6) is 11.5 Å².